The number of rotatable bonds is 7. The minimum absolute atomic E-state index is 0.174. The van der Waals surface area contributed by atoms with Crippen molar-refractivity contribution in [3.8, 4) is 12.1 Å². The summed E-state index contributed by atoms with van der Waals surface area (Å²) in [4.78, 5) is 0.250. The van der Waals surface area contributed by atoms with E-state index in [2.05, 4.69) is 6.07 Å². The highest BCUT2D eigenvalue weighted by Gasteiger charge is 2.43. The van der Waals surface area contributed by atoms with Crippen LogP contribution in [-0.4, -0.2) is 24.8 Å². The topological polar surface area (TPSA) is 85.0 Å². The number of nitriles is 2. The zero-order valence-electron chi connectivity index (χ0n) is 16.6. The highest BCUT2D eigenvalue weighted by molar-refractivity contribution is 7.89. The maximum atomic E-state index is 13.6. The first-order chi connectivity index (χ1) is 13.4. The van der Waals surface area contributed by atoms with Gasteiger partial charge in [0.15, 0.2) is 0 Å². The number of hydrogen-bond acceptors (Lipinski definition) is 4. The average Bonchev–Trinajstić information content (AvgIpc) is 2.68. The number of allylic oxidation sites excluding steroid dienone is 2. The third-order valence-electron chi connectivity index (χ3n) is 5.13. The lowest BCUT2D eigenvalue weighted by atomic mass is 9.80. The monoisotopic (exact) mass is 397 g/mol. The lowest BCUT2D eigenvalue weighted by Crippen LogP contribution is -2.51. The van der Waals surface area contributed by atoms with E-state index in [1.807, 2.05) is 19.1 Å². The predicted molar refractivity (Wildman–Crippen MR) is 110 cm³/mol. The van der Waals surface area contributed by atoms with Crippen molar-refractivity contribution in [3.05, 3.63) is 53.6 Å². The van der Waals surface area contributed by atoms with Gasteiger partial charge in [0.2, 0.25) is 10.0 Å². The largest absolute Gasteiger partial charge is 0.244 e. The Balaban J connectivity index is 2.57. The molecule has 0 amide bonds. The van der Waals surface area contributed by atoms with Gasteiger partial charge in [-0.25, -0.2) is 8.42 Å². The molecule has 1 fully saturated rings. The van der Waals surface area contributed by atoms with Crippen LogP contribution in [0.15, 0.2) is 53.0 Å². The summed E-state index contributed by atoms with van der Waals surface area (Å²) in [6, 6.07) is 11.0. The Bertz CT molecular complexity index is 910. The smallest absolute Gasteiger partial charge is 0.207 e. The quantitative estimate of drug-likeness (QED) is 0.496. The summed E-state index contributed by atoms with van der Waals surface area (Å²) in [6.07, 6.45) is 9.74. The van der Waals surface area contributed by atoms with Crippen LogP contribution in [-0.2, 0) is 10.0 Å². The van der Waals surface area contributed by atoms with E-state index in [-0.39, 0.29) is 17.9 Å². The molecular weight excluding hydrogens is 370 g/mol. The van der Waals surface area contributed by atoms with E-state index < -0.39 is 15.6 Å². The van der Waals surface area contributed by atoms with Gasteiger partial charge in [0.1, 0.15) is 0 Å². The first-order valence-electron chi connectivity index (χ1n) is 9.57. The maximum absolute atomic E-state index is 13.6. The summed E-state index contributed by atoms with van der Waals surface area (Å²) in [5.41, 5.74) is 0.790. The van der Waals surface area contributed by atoms with Gasteiger partial charge < -0.3 is 0 Å². The second kappa shape index (κ2) is 9.68. The molecule has 2 rings (SSSR count). The summed E-state index contributed by atoms with van der Waals surface area (Å²) in [6.45, 7) is 3.81. The van der Waals surface area contributed by atoms with Crippen molar-refractivity contribution in [2.45, 2.75) is 62.8 Å². The number of aryl methyl sites for hydroxylation is 1. The summed E-state index contributed by atoms with van der Waals surface area (Å²) >= 11 is 0. The minimum atomic E-state index is -3.77. The normalized spacial score (nSPS) is 17.4. The molecule has 0 aromatic heterocycles. The van der Waals surface area contributed by atoms with Crippen LogP contribution in [0.3, 0.4) is 0 Å². The fraction of sp³-hybridized carbons (Fsp3) is 0.455. The van der Waals surface area contributed by atoms with Crippen LogP contribution >= 0.6 is 0 Å². The van der Waals surface area contributed by atoms with Crippen molar-refractivity contribution in [2.24, 2.45) is 0 Å². The highest BCUT2D eigenvalue weighted by atomic mass is 32.2. The Hall–Kier alpha value is -2.41. The second-order valence-electron chi connectivity index (χ2n) is 7.29. The first-order valence-corrected chi connectivity index (χ1v) is 11.0. The number of hydrogen-bond donors (Lipinski definition) is 0. The molecular formula is C22H27N3O2S. The molecule has 0 unspecified atom stereocenters. The van der Waals surface area contributed by atoms with Gasteiger partial charge in [-0.2, -0.15) is 14.8 Å². The Labute approximate surface area is 168 Å². The van der Waals surface area contributed by atoms with Crippen LogP contribution in [0.1, 0.15) is 51.0 Å². The van der Waals surface area contributed by atoms with Crippen LogP contribution in [0.5, 0.6) is 0 Å². The van der Waals surface area contributed by atoms with Gasteiger partial charge in [0, 0.05) is 12.1 Å². The molecule has 148 valence electrons. The molecule has 0 atom stereocenters. The summed E-state index contributed by atoms with van der Waals surface area (Å²) in [5, 5.41) is 18.1. The Kier molecular flexibility index (Phi) is 7.57. The van der Waals surface area contributed by atoms with E-state index in [0.29, 0.717) is 18.4 Å². The standard InChI is InChI=1S/C22H27N3O2S/c1-19-9-11-21(12-10-19)28(26,27)25(16-8-4-7-15-23)22(17-20(2)18-24)13-5-3-6-14-22/h4,8-12,17H,3,5-7,13-14,16H2,1-2H3/b8-4+,20-17+. The van der Waals surface area contributed by atoms with Crippen molar-refractivity contribution in [3.63, 3.8) is 0 Å². The fourth-order valence-corrected chi connectivity index (χ4v) is 5.46. The van der Waals surface area contributed by atoms with Crippen molar-refractivity contribution < 1.29 is 8.42 Å². The molecule has 28 heavy (non-hydrogen) atoms. The van der Waals surface area contributed by atoms with Crippen molar-refractivity contribution in [1.82, 2.24) is 4.31 Å². The molecule has 0 heterocycles. The zero-order chi connectivity index (χ0) is 20.6. The van der Waals surface area contributed by atoms with Crippen molar-refractivity contribution in [2.75, 3.05) is 6.54 Å². The molecule has 5 nitrogen and oxygen atoms in total. The van der Waals surface area contributed by atoms with Crippen LogP contribution in [0, 0.1) is 29.6 Å². The van der Waals surface area contributed by atoms with Crippen LogP contribution < -0.4 is 0 Å². The van der Waals surface area contributed by atoms with Gasteiger partial charge >= 0.3 is 0 Å². The fourth-order valence-electron chi connectivity index (χ4n) is 3.73. The van der Waals surface area contributed by atoms with Gasteiger partial charge in [-0.05, 0) is 44.9 Å². The average molecular weight is 398 g/mol. The van der Waals surface area contributed by atoms with Gasteiger partial charge in [-0.3, -0.25) is 0 Å². The van der Waals surface area contributed by atoms with Crippen molar-refractivity contribution in [1.29, 1.82) is 10.5 Å². The zero-order valence-corrected chi connectivity index (χ0v) is 17.4. The molecule has 6 heteroatoms. The van der Waals surface area contributed by atoms with Gasteiger partial charge in [0.25, 0.3) is 0 Å². The van der Waals surface area contributed by atoms with Gasteiger partial charge in [-0.15, -0.1) is 0 Å². The molecule has 1 saturated carbocycles. The predicted octanol–water partition coefficient (Wildman–Crippen LogP) is 4.63. The summed E-state index contributed by atoms with van der Waals surface area (Å²) in [7, 11) is -3.77. The number of sulfonamides is 1. The number of benzene rings is 1. The van der Waals surface area contributed by atoms with E-state index in [9.17, 15) is 13.7 Å². The Morgan fingerprint density at radius 1 is 1.14 bits per heavy atom. The lowest BCUT2D eigenvalue weighted by molar-refractivity contribution is 0.189. The van der Waals surface area contributed by atoms with Crippen LogP contribution in [0.4, 0.5) is 0 Å². The molecule has 0 spiro atoms. The molecule has 0 radical (unpaired) electrons. The molecule has 0 aliphatic heterocycles. The molecule has 0 saturated heterocycles. The van der Waals surface area contributed by atoms with E-state index in [1.54, 1.807) is 43.3 Å². The van der Waals surface area contributed by atoms with E-state index >= 15 is 0 Å². The summed E-state index contributed by atoms with van der Waals surface area (Å²) < 4.78 is 28.7. The minimum Gasteiger partial charge on any atom is -0.207 e. The molecule has 0 bridgehead atoms. The maximum Gasteiger partial charge on any atom is 0.244 e. The lowest BCUT2D eigenvalue weighted by Gasteiger charge is -2.43. The van der Waals surface area contributed by atoms with E-state index in [0.717, 1.165) is 24.8 Å². The van der Waals surface area contributed by atoms with Crippen LogP contribution in [0.2, 0.25) is 0 Å². The number of nitrogens with zero attached hydrogens (tertiary/aromatic N) is 3. The molecule has 0 N–H and O–H groups in total. The van der Waals surface area contributed by atoms with Crippen LogP contribution in [0.25, 0.3) is 0 Å². The van der Waals surface area contributed by atoms with Crippen molar-refractivity contribution >= 4 is 10.0 Å². The van der Waals surface area contributed by atoms with E-state index in [4.69, 9.17) is 5.26 Å². The summed E-state index contributed by atoms with van der Waals surface area (Å²) in [5.74, 6) is 0. The third-order valence-corrected chi connectivity index (χ3v) is 7.09. The SMILES string of the molecule is C/C(C#N)=C\C1(N(C/C=C/CC#N)S(=O)(=O)c2ccc(C)cc2)CCCCC1. The molecule has 1 aromatic carbocycles. The molecule has 1 aliphatic rings. The first kappa shape index (κ1) is 21.9. The highest BCUT2D eigenvalue weighted by Crippen LogP contribution is 2.39. The Morgan fingerprint density at radius 3 is 2.36 bits per heavy atom. The van der Waals surface area contributed by atoms with Gasteiger partial charge in [0.05, 0.1) is 29.0 Å². The third kappa shape index (κ3) is 5.10. The molecule has 1 aliphatic carbocycles. The second-order valence-corrected chi connectivity index (χ2v) is 9.15. The Morgan fingerprint density at radius 2 is 1.79 bits per heavy atom. The van der Waals surface area contributed by atoms with Gasteiger partial charge in [-0.1, -0.05) is 49.1 Å². The van der Waals surface area contributed by atoms with E-state index in [1.165, 1.54) is 4.31 Å². The molecule has 1 aromatic rings.